The molecule has 1 aliphatic heterocycles. The number of hydrogen-bond donors (Lipinski definition) is 2. The van der Waals surface area contributed by atoms with Gasteiger partial charge in [-0.05, 0) is 32.9 Å². The first kappa shape index (κ1) is 13.9. The maximum absolute atomic E-state index is 3.66. The van der Waals surface area contributed by atoms with E-state index in [4.69, 9.17) is 0 Å². The zero-order valence-corrected chi connectivity index (χ0v) is 11.3. The highest BCUT2D eigenvalue weighted by Crippen LogP contribution is 2.11. The Morgan fingerprint density at radius 2 is 2.00 bits per heavy atom. The van der Waals surface area contributed by atoms with E-state index in [0.717, 1.165) is 26.2 Å². The number of hydrogen-bond acceptors (Lipinski definition) is 3. The molecule has 0 spiro atoms. The van der Waals surface area contributed by atoms with Crippen molar-refractivity contribution in [3.8, 4) is 0 Å². The summed E-state index contributed by atoms with van der Waals surface area (Å²) in [7, 11) is 0. The van der Waals surface area contributed by atoms with Crippen molar-refractivity contribution in [3.63, 3.8) is 0 Å². The van der Waals surface area contributed by atoms with Crippen molar-refractivity contribution in [1.82, 2.24) is 15.5 Å². The highest BCUT2D eigenvalue weighted by Gasteiger charge is 2.16. The standard InChI is InChI=1S/C13H29N3/c1-4-16(5-2)10-9-14-11-13-8-6-7-12(3)15-13/h12-15H,4-11H2,1-3H3. The van der Waals surface area contributed by atoms with Crippen molar-refractivity contribution in [2.24, 2.45) is 0 Å². The van der Waals surface area contributed by atoms with E-state index in [0.29, 0.717) is 12.1 Å². The molecule has 2 atom stereocenters. The van der Waals surface area contributed by atoms with E-state index in [1.807, 2.05) is 0 Å². The van der Waals surface area contributed by atoms with Crippen LogP contribution in [0.25, 0.3) is 0 Å². The Kier molecular flexibility index (Phi) is 7.01. The topological polar surface area (TPSA) is 27.3 Å². The zero-order valence-electron chi connectivity index (χ0n) is 11.3. The first-order chi connectivity index (χ1) is 7.76. The molecule has 96 valence electrons. The quantitative estimate of drug-likeness (QED) is 0.645. The van der Waals surface area contributed by atoms with Crippen LogP contribution in [0.4, 0.5) is 0 Å². The van der Waals surface area contributed by atoms with Crippen LogP contribution in [0.1, 0.15) is 40.0 Å². The predicted molar refractivity (Wildman–Crippen MR) is 70.9 cm³/mol. The second-order valence-electron chi connectivity index (χ2n) is 4.93. The van der Waals surface area contributed by atoms with E-state index in [1.54, 1.807) is 0 Å². The van der Waals surface area contributed by atoms with Crippen molar-refractivity contribution in [3.05, 3.63) is 0 Å². The summed E-state index contributed by atoms with van der Waals surface area (Å²) in [6.45, 7) is 12.5. The van der Waals surface area contributed by atoms with Crippen molar-refractivity contribution >= 4 is 0 Å². The van der Waals surface area contributed by atoms with Crippen LogP contribution in [-0.4, -0.2) is 49.7 Å². The summed E-state index contributed by atoms with van der Waals surface area (Å²) in [6, 6.07) is 1.41. The van der Waals surface area contributed by atoms with Crippen LogP contribution in [0.15, 0.2) is 0 Å². The van der Waals surface area contributed by atoms with Crippen LogP contribution < -0.4 is 10.6 Å². The van der Waals surface area contributed by atoms with Crippen molar-refractivity contribution in [1.29, 1.82) is 0 Å². The fourth-order valence-electron chi connectivity index (χ4n) is 2.45. The number of rotatable bonds is 7. The van der Waals surface area contributed by atoms with Gasteiger partial charge in [-0.15, -0.1) is 0 Å². The molecule has 3 nitrogen and oxygen atoms in total. The van der Waals surface area contributed by atoms with Gasteiger partial charge in [0.15, 0.2) is 0 Å². The lowest BCUT2D eigenvalue weighted by atomic mass is 10.00. The highest BCUT2D eigenvalue weighted by molar-refractivity contribution is 4.79. The van der Waals surface area contributed by atoms with E-state index in [1.165, 1.54) is 25.8 Å². The molecule has 0 bridgehead atoms. The van der Waals surface area contributed by atoms with E-state index in [-0.39, 0.29) is 0 Å². The second-order valence-corrected chi connectivity index (χ2v) is 4.93. The highest BCUT2D eigenvalue weighted by atomic mass is 15.1. The average molecular weight is 227 g/mol. The van der Waals surface area contributed by atoms with Gasteiger partial charge >= 0.3 is 0 Å². The summed E-state index contributed by atoms with van der Waals surface area (Å²) < 4.78 is 0. The summed E-state index contributed by atoms with van der Waals surface area (Å²) in [5, 5.41) is 7.23. The fraction of sp³-hybridized carbons (Fsp3) is 1.00. The van der Waals surface area contributed by atoms with Crippen LogP contribution in [-0.2, 0) is 0 Å². The maximum Gasteiger partial charge on any atom is 0.0194 e. The zero-order chi connectivity index (χ0) is 11.8. The smallest absolute Gasteiger partial charge is 0.0194 e. The van der Waals surface area contributed by atoms with E-state index in [9.17, 15) is 0 Å². The third-order valence-electron chi connectivity index (χ3n) is 3.60. The summed E-state index contributed by atoms with van der Waals surface area (Å²) in [5.74, 6) is 0. The number of nitrogens with zero attached hydrogens (tertiary/aromatic N) is 1. The lowest BCUT2D eigenvalue weighted by molar-refractivity contribution is 0.288. The average Bonchev–Trinajstić information content (AvgIpc) is 2.29. The molecule has 2 N–H and O–H groups in total. The molecule has 1 saturated heterocycles. The molecule has 0 amide bonds. The maximum atomic E-state index is 3.66. The van der Waals surface area contributed by atoms with Gasteiger partial charge in [-0.1, -0.05) is 20.3 Å². The SMILES string of the molecule is CCN(CC)CCNCC1CCCC(C)N1. The predicted octanol–water partition coefficient (Wildman–Crippen LogP) is 1.45. The minimum Gasteiger partial charge on any atom is -0.314 e. The minimum absolute atomic E-state index is 0.695. The largest absolute Gasteiger partial charge is 0.314 e. The van der Waals surface area contributed by atoms with Gasteiger partial charge in [-0.3, -0.25) is 0 Å². The summed E-state index contributed by atoms with van der Waals surface area (Å²) in [5.41, 5.74) is 0. The molecule has 1 rings (SSSR count). The van der Waals surface area contributed by atoms with Crippen LogP contribution in [0.2, 0.25) is 0 Å². The fourth-order valence-corrected chi connectivity index (χ4v) is 2.45. The Labute approximate surface area is 101 Å². The monoisotopic (exact) mass is 227 g/mol. The molecule has 2 unspecified atom stereocenters. The van der Waals surface area contributed by atoms with Gasteiger partial charge in [0.25, 0.3) is 0 Å². The van der Waals surface area contributed by atoms with Crippen molar-refractivity contribution < 1.29 is 0 Å². The third kappa shape index (κ3) is 5.28. The van der Waals surface area contributed by atoms with Crippen LogP contribution in [0, 0.1) is 0 Å². The molecular formula is C13H29N3. The lowest BCUT2D eigenvalue weighted by Crippen LogP contribution is -2.47. The molecule has 1 aliphatic rings. The number of piperidine rings is 1. The van der Waals surface area contributed by atoms with Crippen LogP contribution >= 0.6 is 0 Å². The summed E-state index contributed by atoms with van der Waals surface area (Å²) in [6.07, 6.45) is 4.06. The van der Waals surface area contributed by atoms with Gasteiger partial charge in [0.1, 0.15) is 0 Å². The van der Waals surface area contributed by atoms with Gasteiger partial charge < -0.3 is 15.5 Å². The molecule has 1 heterocycles. The Morgan fingerprint density at radius 3 is 2.62 bits per heavy atom. The Morgan fingerprint density at radius 1 is 1.25 bits per heavy atom. The van der Waals surface area contributed by atoms with Gasteiger partial charge in [0.2, 0.25) is 0 Å². The number of nitrogens with one attached hydrogen (secondary N) is 2. The molecule has 0 saturated carbocycles. The van der Waals surface area contributed by atoms with Crippen molar-refractivity contribution in [2.45, 2.75) is 52.1 Å². The molecule has 1 fully saturated rings. The van der Waals surface area contributed by atoms with Gasteiger partial charge in [-0.25, -0.2) is 0 Å². The lowest BCUT2D eigenvalue weighted by Gasteiger charge is -2.29. The normalized spacial score (nSPS) is 26.2. The molecule has 0 radical (unpaired) electrons. The number of likely N-dealkylation sites (N-methyl/N-ethyl adjacent to an activating group) is 1. The molecule has 3 heteroatoms. The van der Waals surface area contributed by atoms with Gasteiger partial charge in [0.05, 0.1) is 0 Å². The van der Waals surface area contributed by atoms with Crippen LogP contribution in [0.5, 0.6) is 0 Å². The molecular weight excluding hydrogens is 198 g/mol. The molecule has 0 aromatic carbocycles. The first-order valence-electron chi connectivity index (χ1n) is 6.95. The first-order valence-corrected chi connectivity index (χ1v) is 6.95. The molecule has 0 aliphatic carbocycles. The van der Waals surface area contributed by atoms with Gasteiger partial charge in [-0.2, -0.15) is 0 Å². The minimum atomic E-state index is 0.695. The van der Waals surface area contributed by atoms with Crippen molar-refractivity contribution in [2.75, 3.05) is 32.7 Å². The van der Waals surface area contributed by atoms with E-state index < -0.39 is 0 Å². The van der Waals surface area contributed by atoms with Crippen LogP contribution in [0.3, 0.4) is 0 Å². The van der Waals surface area contributed by atoms with E-state index >= 15 is 0 Å². The molecule has 0 aromatic rings. The molecule has 0 aromatic heterocycles. The Bertz CT molecular complexity index is 169. The van der Waals surface area contributed by atoms with E-state index in [2.05, 4.69) is 36.3 Å². The molecule has 16 heavy (non-hydrogen) atoms. The van der Waals surface area contributed by atoms with Gasteiger partial charge in [0, 0.05) is 31.7 Å². The second kappa shape index (κ2) is 8.04. The Balaban J connectivity index is 2.02. The Hall–Kier alpha value is -0.120. The summed E-state index contributed by atoms with van der Waals surface area (Å²) in [4.78, 5) is 2.46. The summed E-state index contributed by atoms with van der Waals surface area (Å²) >= 11 is 0. The third-order valence-corrected chi connectivity index (χ3v) is 3.60.